The van der Waals surface area contributed by atoms with Crippen LogP contribution in [0.3, 0.4) is 0 Å². The number of phenolic OH excluding ortho intramolecular Hbond substituents is 1. The predicted octanol–water partition coefficient (Wildman–Crippen LogP) is 3.18. The lowest BCUT2D eigenvalue weighted by Gasteiger charge is -2.11. The molecule has 2 rings (SSSR count). The lowest BCUT2D eigenvalue weighted by molar-refractivity contribution is -0.137. The highest BCUT2D eigenvalue weighted by molar-refractivity contribution is 5.96. The van der Waals surface area contributed by atoms with E-state index < -0.39 is 23.2 Å². The van der Waals surface area contributed by atoms with Gasteiger partial charge in [-0.3, -0.25) is 4.79 Å². The molecule has 2 aromatic carbocycles. The van der Waals surface area contributed by atoms with Gasteiger partial charge >= 0.3 is 6.18 Å². The third-order valence-corrected chi connectivity index (χ3v) is 3.06. The Labute approximate surface area is 135 Å². The molecule has 0 fully saturated rings. The lowest BCUT2D eigenvalue weighted by atomic mass is 10.1. The van der Waals surface area contributed by atoms with Gasteiger partial charge in [0, 0.05) is 0 Å². The Kier molecular flexibility index (Phi) is 5.08. The molecule has 0 aliphatic heterocycles. The van der Waals surface area contributed by atoms with Crippen LogP contribution >= 0.6 is 0 Å². The highest BCUT2D eigenvalue weighted by atomic mass is 19.4. The maximum absolute atomic E-state index is 12.9. The van der Waals surface area contributed by atoms with Gasteiger partial charge in [-0.25, -0.2) is 5.43 Å². The SMILES string of the molecule is COc1cc(/C=N/NC(=O)c2ccccc2C(F)(F)F)ccc1O. The minimum atomic E-state index is -4.64. The smallest absolute Gasteiger partial charge is 0.417 e. The van der Waals surface area contributed by atoms with Crippen LogP contribution in [0.1, 0.15) is 21.5 Å². The number of halogens is 3. The first-order chi connectivity index (χ1) is 11.3. The lowest BCUT2D eigenvalue weighted by Crippen LogP contribution is -2.22. The molecular weight excluding hydrogens is 325 g/mol. The zero-order chi connectivity index (χ0) is 17.7. The maximum Gasteiger partial charge on any atom is 0.417 e. The first-order valence-electron chi connectivity index (χ1n) is 6.69. The molecule has 0 aliphatic rings. The van der Waals surface area contributed by atoms with E-state index in [1.165, 1.54) is 43.7 Å². The number of phenols is 1. The second kappa shape index (κ2) is 7.03. The fraction of sp³-hybridized carbons (Fsp3) is 0.125. The van der Waals surface area contributed by atoms with Crippen LogP contribution in [0, 0.1) is 0 Å². The average Bonchev–Trinajstić information content (AvgIpc) is 2.55. The van der Waals surface area contributed by atoms with Crippen molar-refractivity contribution in [2.24, 2.45) is 5.10 Å². The number of alkyl halides is 3. The molecule has 0 spiro atoms. The number of carbonyl (C=O) groups excluding carboxylic acids is 1. The van der Waals surface area contributed by atoms with Crippen LogP contribution in [-0.2, 0) is 6.18 Å². The first kappa shape index (κ1) is 17.3. The molecule has 2 aromatic rings. The van der Waals surface area contributed by atoms with Crippen molar-refractivity contribution in [1.82, 2.24) is 5.43 Å². The van der Waals surface area contributed by atoms with Gasteiger partial charge in [0.05, 0.1) is 24.5 Å². The zero-order valence-electron chi connectivity index (χ0n) is 12.5. The largest absolute Gasteiger partial charge is 0.504 e. The Morgan fingerprint density at radius 2 is 1.96 bits per heavy atom. The fourth-order valence-electron chi connectivity index (χ4n) is 1.93. The molecule has 126 valence electrons. The Morgan fingerprint density at radius 3 is 2.62 bits per heavy atom. The Bertz CT molecular complexity index is 773. The number of benzene rings is 2. The molecule has 0 heterocycles. The standard InChI is InChI=1S/C16H13F3N2O3/c1-24-14-8-10(6-7-13(14)22)9-20-21-15(23)11-4-2-3-5-12(11)16(17,18)19/h2-9,22H,1H3,(H,21,23)/b20-9+. The number of rotatable bonds is 4. The molecule has 0 saturated carbocycles. The Balaban J connectivity index is 2.14. The summed E-state index contributed by atoms with van der Waals surface area (Å²) >= 11 is 0. The highest BCUT2D eigenvalue weighted by Gasteiger charge is 2.34. The van der Waals surface area contributed by atoms with Gasteiger partial charge in [-0.2, -0.15) is 18.3 Å². The number of nitrogens with zero attached hydrogens (tertiary/aromatic N) is 1. The van der Waals surface area contributed by atoms with E-state index in [0.717, 1.165) is 12.1 Å². The van der Waals surface area contributed by atoms with Gasteiger partial charge in [-0.1, -0.05) is 12.1 Å². The van der Waals surface area contributed by atoms with Crippen molar-refractivity contribution in [1.29, 1.82) is 0 Å². The number of hydrazone groups is 1. The van der Waals surface area contributed by atoms with E-state index in [4.69, 9.17) is 4.74 Å². The summed E-state index contributed by atoms with van der Waals surface area (Å²) in [6.07, 6.45) is -3.42. The van der Waals surface area contributed by atoms with Gasteiger partial charge in [0.25, 0.3) is 5.91 Å². The molecule has 0 atom stereocenters. The van der Waals surface area contributed by atoms with Crippen LogP contribution in [0.4, 0.5) is 13.2 Å². The van der Waals surface area contributed by atoms with Gasteiger partial charge in [-0.05, 0) is 35.9 Å². The van der Waals surface area contributed by atoms with E-state index >= 15 is 0 Å². The number of carbonyl (C=O) groups is 1. The first-order valence-corrected chi connectivity index (χ1v) is 6.69. The third-order valence-electron chi connectivity index (χ3n) is 3.06. The fourth-order valence-corrected chi connectivity index (χ4v) is 1.93. The maximum atomic E-state index is 12.9. The summed E-state index contributed by atoms with van der Waals surface area (Å²) in [4.78, 5) is 11.9. The topological polar surface area (TPSA) is 70.9 Å². The molecule has 0 saturated heterocycles. The summed E-state index contributed by atoms with van der Waals surface area (Å²) in [5, 5.41) is 13.1. The molecule has 0 radical (unpaired) electrons. The second-order valence-electron chi connectivity index (χ2n) is 4.67. The van der Waals surface area contributed by atoms with E-state index in [1.54, 1.807) is 0 Å². The number of ether oxygens (including phenoxy) is 1. The molecule has 0 aliphatic carbocycles. The molecule has 0 aromatic heterocycles. The van der Waals surface area contributed by atoms with Crippen LogP contribution in [0.5, 0.6) is 11.5 Å². The number of hydrogen-bond acceptors (Lipinski definition) is 4. The average molecular weight is 338 g/mol. The molecule has 2 N–H and O–H groups in total. The quantitative estimate of drug-likeness (QED) is 0.664. The van der Waals surface area contributed by atoms with Crippen LogP contribution in [0.15, 0.2) is 47.6 Å². The molecule has 8 heteroatoms. The monoisotopic (exact) mass is 338 g/mol. The number of methoxy groups -OCH3 is 1. The second-order valence-corrected chi connectivity index (χ2v) is 4.67. The van der Waals surface area contributed by atoms with Gasteiger partial charge in [-0.15, -0.1) is 0 Å². The van der Waals surface area contributed by atoms with Crippen LogP contribution in [-0.4, -0.2) is 24.3 Å². The van der Waals surface area contributed by atoms with Gasteiger partial charge in [0.2, 0.25) is 0 Å². The van der Waals surface area contributed by atoms with E-state index in [1.807, 2.05) is 5.43 Å². The van der Waals surface area contributed by atoms with Crippen LogP contribution in [0.2, 0.25) is 0 Å². The van der Waals surface area contributed by atoms with E-state index in [0.29, 0.717) is 5.56 Å². The number of amides is 1. The van der Waals surface area contributed by atoms with Gasteiger partial charge in [0.15, 0.2) is 11.5 Å². The predicted molar refractivity (Wildman–Crippen MR) is 81.2 cm³/mol. The van der Waals surface area contributed by atoms with Gasteiger partial charge < -0.3 is 9.84 Å². The number of hydrogen-bond donors (Lipinski definition) is 2. The third kappa shape index (κ3) is 4.03. The van der Waals surface area contributed by atoms with Gasteiger partial charge in [0.1, 0.15) is 0 Å². The molecule has 24 heavy (non-hydrogen) atoms. The summed E-state index contributed by atoms with van der Waals surface area (Å²) < 4.78 is 43.5. The normalized spacial score (nSPS) is 11.5. The van der Waals surface area contributed by atoms with Crippen LogP contribution < -0.4 is 10.2 Å². The molecular formula is C16H13F3N2O3. The van der Waals surface area contributed by atoms with Crippen molar-refractivity contribution in [3.05, 3.63) is 59.2 Å². The number of aromatic hydroxyl groups is 1. The van der Waals surface area contributed by atoms with E-state index in [9.17, 15) is 23.1 Å². The Hall–Kier alpha value is -3.03. The van der Waals surface area contributed by atoms with Crippen molar-refractivity contribution in [3.8, 4) is 11.5 Å². The summed E-state index contributed by atoms with van der Waals surface area (Å²) in [5.74, 6) is -0.851. The molecule has 0 unspecified atom stereocenters. The summed E-state index contributed by atoms with van der Waals surface area (Å²) in [6.45, 7) is 0. The molecule has 5 nitrogen and oxygen atoms in total. The highest BCUT2D eigenvalue weighted by Crippen LogP contribution is 2.31. The Morgan fingerprint density at radius 1 is 1.25 bits per heavy atom. The van der Waals surface area contributed by atoms with Crippen molar-refractivity contribution >= 4 is 12.1 Å². The van der Waals surface area contributed by atoms with Crippen molar-refractivity contribution in [3.63, 3.8) is 0 Å². The van der Waals surface area contributed by atoms with E-state index in [2.05, 4.69) is 5.10 Å². The van der Waals surface area contributed by atoms with Crippen molar-refractivity contribution in [2.45, 2.75) is 6.18 Å². The summed E-state index contributed by atoms with van der Waals surface area (Å²) in [6, 6.07) is 8.73. The minimum Gasteiger partial charge on any atom is -0.504 e. The van der Waals surface area contributed by atoms with Crippen molar-refractivity contribution in [2.75, 3.05) is 7.11 Å². The minimum absolute atomic E-state index is 0.0715. The van der Waals surface area contributed by atoms with E-state index in [-0.39, 0.29) is 11.5 Å². The van der Waals surface area contributed by atoms with Crippen LogP contribution in [0.25, 0.3) is 0 Å². The summed E-state index contributed by atoms with van der Waals surface area (Å²) in [7, 11) is 1.37. The summed E-state index contributed by atoms with van der Waals surface area (Å²) in [5.41, 5.74) is 0.959. The number of nitrogens with one attached hydrogen (secondary N) is 1. The van der Waals surface area contributed by atoms with Crippen molar-refractivity contribution < 1.29 is 27.8 Å². The zero-order valence-corrected chi connectivity index (χ0v) is 12.5. The molecule has 0 bridgehead atoms. The molecule has 1 amide bonds.